The number of carbonyl (C=O) groups is 1. The average Bonchev–Trinajstić information content (AvgIpc) is 2.87. The second-order valence-corrected chi connectivity index (χ2v) is 6.97. The van der Waals surface area contributed by atoms with Crippen molar-refractivity contribution >= 4 is 22.4 Å². The number of anilines is 1. The lowest BCUT2D eigenvalue weighted by Crippen LogP contribution is -2.52. The molecule has 2 unspecified atom stereocenters. The van der Waals surface area contributed by atoms with Gasteiger partial charge in [0.1, 0.15) is 0 Å². The summed E-state index contributed by atoms with van der Waals surface area (Å²) in [5.41, 5.74) is 0.794. The van der Waals surface area contributed by atoms with E-state index in [1.165, 1.54) is 39.2 Å². The fraction of sp³-hybridized carbons (Fsp3) is 0.733. The zero-order valence-corrected chi connectivity index (χ0v) is 13.5. The summed E-state index contributed by atoms with van der Waals surface area (Å²) in [6, 6.07) is 1.93. The molecule has 2 saturated heterocycles. The number of thiazole rings is 1. The van der Waals surface area contributed by atoms with Crippen LogP contribution in [0.25, 0.3) is 0 Å². The van der Waals surface area contributed by atoms with Crippen LogP contribution in [-0.4, -0.2) is 48.1 Å². The molecule has 6 heteroatoms. The number of esters is 1. The summed E-state index contributed by atoms with van der Waals surface area (Å²) in [6.45, 7) is 0. The topological polar surface area (TPSA) is 54.5 Å². The van der Waals surface area contributed by atoms with Crippen LogP contribution >= 0.6 is 11.3 Å². The smallest absolute Gasteiger partial charge is 0.311 e. The minimum Gasteiger partial charge on any atom is -0.469 e. The summed E-state index contributed by atoms with van der Waals surface area (Å²) in [4.78, 5) is 18.3. The van der Waals surface area contributed by atoms with Gasteiger partial charge in [-0.25, -0.2) is 4.98 Å². The van der Waals surface area contributed by atoms with Crippen LogP contribution in [0.15, 0.2) is 5.38 Å². The number of fused-ring (bicyclic) bond motifs is 2. The third-order valence-corrected chi connectivity index (χ3v) is 5.59. The lowest BCUT2D eigenvalue weighted by atomic mass is 9.82. The first-order valence-electron chi connectivity index (χ1n) is 7.65. The molecular weight excluding hydrogens is 286 g/mol. The number of hydrogen-bond acceptors (Lipinski definition) is 6. The monoisotopic (exact) mass is 309 g/mol. The van der Waals surface area contributed by atoms with Gasteiger partial charge >= 0.3 is 5.97 Å². The van der Waals surface area contributed by atoms with Crippen molar-refractivity contribution in [2.24, 2.45) is 0 Å². The van der Waals surface area contributed by atoms with Crippen molar-refractivity contribution in [3.63, 3.8) is 0 Å². The maximum absolute atomic E-state index is 11.3. The van der Waals surface area contributed by atoms with Gasteiger partial charge in [-0.05, 0) is 32.7 Å². The molecule has 2 aliphatic heterocycles. The zero-order chi connectivity index (χ0) is 14.8. The normalized spacial score (nSPS) is 29.1. The van der Waals surface area contributed by atoms with Crippen LogP contribution in [0.2, 0.25) is 0 Å². The van der Waals surface area contributed by atoms with E-state index >= 15 is 0 Å². The van der Waals surface area contributed by atoms with E-state index in [9.17, 15) is 4.79 Å². The number of carbonyl (C=O) groups excluding carboxylic acids is 1. The van der Waals surface area contributed by atoms with Gasteiger partial charge in [0.2, 0.25) is 0 Å². The van der Waals surface area contributed by atoms with Crippen molar-refractivity contribution in [1.29, 1.82) is 0 Å². The van der Waals surface area contributed by atoms with E-state index in [1.807, 2.05) is 5.38 Å². The van der Waals surface area contributed by atoms with Crippen molar-refractivity contribution in [2.75, 3.05) is 19.5 Å². The zero-order valence-electron chi connectivity index (χ0n) is 12.7. The molecule has 2 aliphatic rings. The molecular formula is C15H23N3O2S. The highest BCUT2D eigenvalue weighted by Crippen LogP contribution is 2.34. The third kappa shape index (κ3) is 3.37. The summed E-state index contributed by atoms with van der Waals surface area (Å²) >= 11 is 1.58. The standard InChI is InChI=1S/C15H23N3O2S/c1-18-12-4-3-5-13(18)7-10(6-12)16-15-17-11(9-21-15)8-14(19)20-2/h9-10,12-13H,3-8H2,1-2H3,(H,16,17). The number of piperidine rings is 2. The summed E-state index contributed by atoms with van der Waals surface area (Å²) in [5, 5.41) is 6.44. The van der Waals surface area contributed by atoms with E-state index in [1.54, 1.807) is 11.3 Å². The second-order valence-electron chi connectivity index (χ2n) is 6.11. The number of rotatable bonds is 4. The van der Waals surface area contributed by atoms with E-state index in [-0.39, 0.29) is 12.4 Å². The largest absolute Gasteiger partial charge is 0.469 e. The second kappa shape index (κ2) is 6.32. The van der Waals surface area contributed by atoms with Crippen LogP contribution in [0, 0.1) is 0 Å². The molecule has 116 valence electrons. The first kappa shape index (κ1) is 14.8. The number of nitrogens with zero attached hydrogens (tertiary/aromatic N) is 2. The fourth-order valence-corrected chi connectivity index (χ4v) is 4.37. The highest BCUT2D eigenvalue weighted by Gasteiger charge is 2.36. The molecule has 5 nitrogen and oxygen atoms in total. The number of ether oxygens (including phenoxy) is 1. The van der Waals surface area contributed by atoms with E-state index in [2.05, 4.69) is 27.0 Å². The summed E-state index contributed by atoms with van der Waals surface area (Å²) < 4.78 is 4.68. The van der Waals surface area contributed by atoms with Crippen molar-refractivity contribution in [2.45, 2.75) is 56.7 Å². The highest BCUT2D eigenvalue weighted by atomic mass is 32.1. The van der Waals surface area contributed by atoms with Crippen molar-refractivity contribution < 1.29 is 9.53 Å². The Hall–Kier alpha value is -1.14. The van der Waals surface area contributed by atoms with E-state index in [4.69, 9.17) is 0 Å². The van der Waals surface area contributed by atoms with Gasteiger partial charge in [-0.3, -0.25) is 4.79 Å². The molecule has 0 aromatic carbocycles. The Kier molecular flexibility index (Phi) is 4.45. The minimum absolute atomic E-state index is 0.235. The molecule has 2 bridgehead atoms. The molecule has 21 heavy (non-hydrogen) atoms. The van der Waals surface area contributed by atoms with Gasteiger partial charge in [0.15, 0.2) is 5.13 Å². The van der Waals surface area contributed by atoms with Crippen LogP contribution in [0.4, 0.5) is 5.13 Å². The minimum atomic E-state index is -0.235. The van der Waals surface area contributed by atoms with Gasteiger partial charge in [0.25, 0.3) is 0 Å². The Morgan fingerprint density at radius 3 is 2.86 bits per heavy atom. The Morgan fingerprint density at radius 2 is 2.19 bits per heavy atom. The van der Waals surface area contributed by atoms with Crippen LogP contribution in [0.5, 0.6) is 0 Å². The summed E-state index contributed by atoms with van der Waals surface area (Å²) in [6.07, 6.45) is 6.64. The molecule has 0 amide bonds. The van der Waals surface area contributed by atoms with Gasteiger partial charge in [-0.2, -0.15) is 0 Å². The molecule has 0 saturated carbocycles. The maximum Gasteiger partial charge on any atom is 0.311 e. The maximum atomic E-state index is 11.3. The lowest BCUT2D eigenvalue weighted by molar-refractivity contribution is -0.139. The van der Waals surface area contributed by atoms with Crippen molar-refractivity contribution in [1.82, 2.24) is 9.88 Å². The van der Waals surface area contributed by atoms with Gasteiger partial charge in [0.05, 0.1) is 19.2 Å². The Balaban J connectivity index is 1.58. The molecule has 2 fully saturated rings. The molecule has 0 aliphatic carbocycles. The van der Waals surface area contributed by atoms with Gasteiger partial charge < -0.3 is 15.0 Å². The Bertz CT molecular complexity index is 491. The molecule has 0 radical (unpaired) electrons. The van der Waals surface area contributed by atoms with E-state index in [0.29, 0.717) is 18.1 Å². The fourth-order valence-electron chi connectivity index (χ4n) is 3.58. The SMILES string of the molecule is COC(=O)Cc1csc(NC2CC3CCCC(C2)N3C)n1. The van der Waals surface area contributed by atoms with Crippen LogP contribution in [-0.2, 0) is 16.0 Å². The van der Waals surface area contributed by atoms with Crippen LogP contribution < -0.4 is 5.32 Å². The van der Waals surface area contributed by atoms with E-state index < -0.39 is 0 Å². The third-order valence-electron chi connectivity index (χ3n) is 4.77. The first-order chi connectivity index (χ1) is 10.2. The number of hydrogen-bond donors (Lipinski definition) is 1. The van der Waals surface area contributed by atoms with Gasteiger partial charge in [0, 0.05) is 23.5 Å². The number of methoxy groups -OCH3 is 1. The van der Waals surface area contributed by atoms with Crippen molar-refractivity contribution in [3.05, 3.63) is 11.1 Å². The predicted molar refractivity (Wildman–Crippen MR) is 83.7 cm³/mol. The van der Waals surface area contributed by atoms with Gasteiger partial charge in [-0.1, -0.05) is 6.42 Å². The van der Waals surface area contributed by atoms with Crippen molar-refractivity contribution in [3.8, 4) is 0 Å². The van der Waals surface area contributed by atoms with E-state index in [0.717, 1.165) is 10.8 Å². The molecule has 1 N–H and O–H groups in total. The molecule has 0 spiro atoms. The Labute approximate surface area is 129 Å². The highest BCUT2D eigenvalue weighted by molar-refractivity contribution is 7.13. The van der Waals surface area contributed by atoms with Crippen LogP contribution in [0.3, 0.4) is 0 Å². The average molecular weight is 309 g/mol. The molecule has 2 atom stereocenters. The number of aromatic nitrogens is 1. The molecule has 1 aromatic rings. The summed E-state index contributed by atoms with van der Waals surface area (Å²) in [7, 11) is 3.67. The summed E-state index contributed by atoms with van der Waals surface area (Å²) in [5.74, 6) is -0.235. The quantitative estimate of drug-likeness (QED) is 0.865. The molecule has 3 rings (SSSR count). The number of nitrogens with one attached hydrogen (secondary N) is 1. The van der Waals surface area contributed by atoms with Gasteiger partial charge in [-0.15, -0.1) is 11.3 Å². The first-order valence-corrected chi connectivity index (χ1v) is 8.53. The van der Waals surface area contributed by atoms with Crippen LogP contribution in [0.1, 0.15) is 37.8 Å². The Morgan fingerprint density at radius 1 is 1.48 bits per heavy atom. The molecule has 1 aromatic heterocycles. The lowest BCUT2D eigenvalue weighted by Gasteiger charge is -2.47. The molecule has 3 heterocycles. The predicted octanol–water partition coefficient (Wildman–Crippen LogP) is 2.29.